The molecule has 0 saturated carbocycles. The Bertz CT molecular complexity index is 2030. The number of hydrogen-bond donors (Lipinski definition) is 0. The van der Waals surface area contributed by atoms with Gasteiger partial charge in [-0.25, -0.2) is 4.98 Å². The summed E-state index contributed by atoms with van der Waals surface area (Å²) in [5.74, 6) is 0.934. The van der Waals surface area contributed by atoms with E-state index in [0.29, 0.717) is 0 Å². The van der Waals surface area contributed by atoms with E-state index in [1.807, 2.05) is 6.20 Å². The fourth-order valence-electron chi connectivity index (χ4n) is 6.20. The van der Waals surface area contributed by atoms with Gasteiger partial charge >= 0.3 is 0 Å². The van der Waals surface area contributed by atoms with Crippen molar-refractivity contribution < 1.29 is 0 Å². The number of pyridine rings is 1. The van der Waals surface area contributed by atoms with Gasteiger partial charge in [-0.2, -0.15) is 0 Å². The van der Waals surface area contributed by atoms with Crippen LogP contribution in [0.15, 0.2) is 122 Å². The van der Waals surface area contributed by atoms with Gasteiger partial charge in [-0.15, -0.1) is 0 Å². The molecule has 0 unspecified atom stereocenters. The molecule has 0 atom stereocenters. The Morgan fingerprint density at radius 3 is 2.34 bits per heavy atom. The number of hydrogen-bond acceptors (Lipinski definition) is 3. The topological polar surface area (TPSA) is 38.9 Å². The summed E-state index contributed by atoms with van der Waals surface area (Å²) in [6.45, 7) is 0. The first kappa shape index (κ1) is 23.7. The number of nitrogens with zero attached hydrogens (tertiary/aromatic N) is 5. The highest BCUT2D eigenvalue weighted by Crippen LogP contribution is 2.40. The normalized spacial score (nSPS) is 13.1. The summed E-state index contributed by atoms with van der Waals surface area (Å²) in [5, 5.41) is 2.44. The van der Waals surface area contributed by atoms with Gasteiger partial charge in [-0.3, -0.25) is 9.55 Å². The van der Waals surface area contributed by atoms with Crippen molar-refractivity contribution in [3.63, 3.8) is 0 Å². The number of anilines is 3. The second-order valence-electron chi connectivity index (χ2n) is 10.8. The summed E-state index contributed by atoms with van der Waals surface area (Å²) in [7, 11) is 2.10. The molecule has 2 aliphatic rings. The van der Waals surface area contributed by atoms with Crippen molar-refractivity contribution in [3.8, 4) is 17.2 Å². The van der Waals surface area contributed by atoms with Gasteiger partial charge in [0.05, 0.1) is 22.4 Å². The zero-order valence-electron chi connectivity index (χ0n) is 22.9. The molecule has 0 fully saturated rings. The molecule has 0 amide bonds. The number of fused-ring (bicyclic) bond motifs is 6. The van der Waals surface area contributed by atoms with Crippen LogP contribution < -0.4 is 4.90 Å². The van der Waals surface area contributed by atoms with E-state index < -0.39 is 0 Å². The molecular formula is C36H29N5. The van der Waals surface area contributed by atoms with Crippen molar-refractivity contribution in [2.24, 2.45) is 7.05 Å². The Balaban J connectivity index is 1.43. The minimum atomic E-state index is 0.918. The maximum absolute atomic E-state index is 5.18. The van der Waals surface area contributed by atoms with Crippen LogP contribution in [0.2, 0.25) is 0 Å². The molecule has 0 spiro atoms. The Labute approximate surface area is 239 Å². The molecule has 5 heteroatoms. The van der Waals surface area contributed by atoms with E-state index in [0.717, 1.165) is 70.3 Å². The third-order valence-corrected chi connectivity index (χ3v) is 8.15. The first-order valence-electron chi connectivity index (χ1n) is 14.2. The van der Waals surface area contributed by atoms with Crippen LogP contribution in [-0.2, 0) is 19.9 Å². The highest BCUT2D eigenvalue weighted by molar-refractivity contribution is 6.10. The van der Waals surface area contributed by atoms with Crippen molar-refractivity contribution in [3.05, 3.63) is 133 Å². The van der Waals surface area contributed by atoms with E-state index >= 15 is 0 Å². The van der Waals surface area contributed by atoms with E-state index in [1.165, 1.54) is 16.3 Å². The summed E-state index contributed by atoms with van der Waals surface area (Å²) in [4.78, 5) is 12.4. The van der Waals surface area contributed by atoms with Crippen LogP contribution in [-0.4, -0.2) is 19.1 Å². The third kappa shape index (κ3) is 4.01. The lowest BCUT2D eigenvalue weighted by Gasteiger charge is -2.26. The number of imidazole rings is 1. The zero-order valence-corrected chi connectivity index (χ0v) is 22.9. The van der Waals surface area contributed by atoms with Crippen LogP contribution in [0.4, 0.5) is 17.1 Å². The average Bonchev–Trinajstić information content (AvgIpc) is 3.54. The molecule has 0 saturated heterocycles. The molecule has 8 bridgehead atoms. The summed E-state index contributed by atoms with van der Waals surface area (Å²) in [6.07, 6.45) is 7.12. The van der Waals surface area contributed by atoms with Gasteiger partial charge in [-0.1, -0.05) is 60.7 Å². The number of aromatic nitrogens is 4. The highest BCUT2D eigenvalue weighted by Gasteiger charge is 2.20. The molecule has 0 aliphatic carbocycles. The molecule has 9 rings (SSSR count). The number of para-hydroxylation sites is 2. The number of rotatable bonds is 1. The van der Waals surface area contributed by atoms with Crippen LogP contribution in [0, 0.1) is 0 Å². The second-order valence-corrected chi connectivity index (χ2v) is 10.8. The van der Waals surface area contributed by atoms with Gasteiger partial charge in [0.25, 0.3) is 0 Å². The predicted molar refractivity (Wildman–Crippen MR) is 167 cm³/mol. The monoisotopic (exact) mass is 531 g/mol. The first-order valence-corrected chi connectivity index (χ1v) is 14.2. The lowest BCUT2D eigenvalue weighted by atomic mass is 10.1. The average molecular weight is 532 g/mol. The van der Waals surface area contributed by atoms with Gasteiger partial charge in [0.1, 0.15) is 0 Å². The highest BCUT2D eigenvalue weighted by atomic mass is 15.2. The fraction of sp³-hybridized carbons (Fsp3) is 0.111. The van der Waals surface area contributed by atoms with Crippen LogP contribution >= 0.6 is 0 Å². The molecule has 4 aromatic carbocycles. The van der Waals surface area contributed by atoms with E-state index in [9.17, 15) is 0 Å². The second kappa shape index (κ2) is 9.49. The molecule has 5 heterocycles. The largest absolute Gasteiger partial charge is 0.320 e. The maximum Gasteiger partial charge on any atom is 0.214 e. The molecule has 5 nitrogen and oxygen atoms in total. The zero-order chi connectivity index (χ0) is 27.3. The van der Waals surface area contributed by atoms with Crippen molar-refractivity contribution in [1.29, 1.82) is 0 Å². The molecule has 3 aromatic heterocycles. The smallest absolute Gasteiger partial charge is 0.214 e. The quantitative estimate of drug-likeness (QED) is 0.213. The van der Waals surface area contributed by atoms with Crippen LogP contribution in [0.3, 0.4) is 0 Å². The van der Waals surface area contributed by atoms with Crippen molar-refractivity contribution >= 4 is 38.9 Å². The summed E-state index contributed by atoms with van der Waals surface area (Å²) in [6, 6.07) is 39.0. The van der Waals surface area contributed by atoms with Crippen LogP contribution in [0.5, 0.6) is 0 Å². The van der Waals surface area contributed by atoms with Crippen molar-refractivity contribution in [1.82, 2.24) is 19.1 Å². The maximum atomic E-state index is 5.18. The summed E-state index contributed by atoms with van der Waals surface area (Å²) >= 11 is 0. The van der Waals surface area contributed by atoms with Gasteiger partial charge < -0.3 is 9.47 Å². The standard InChI is InChI=1S/C36H29N5/c1-39-24-27-11-7-9-25-17-20-33(37-23-25)26-10-8-14-29(21-26)40(28-12-3-2-4-13-28)30-18-19-32-31-15-5-6-16-34(31)41(35(32)22-30)36(39)38-27/h2-6,8,10,12-24H,7,9,11H2,1H3. The van der Waals surface area contributed by atoms with E-state index in [4.69, 9.17) is 9.97 Å². The third-order valence-electron chi connectivity index (χ3n) is 8.15. The number of benzene rings is 4. The Morgan fingerprint density at radius 1 is 0.659 bits per heavy atom. The molecule has 0 N–H and O–H groups in total. The Hall–Kier alpha value is -5.16. The molecular weight excluding hydrogens is 502 g/mol. The lowest BCUT2D eigenvalue weighted by molar-refractivity contribution is 0.799. The summed E-state index contributed by atoms with van der Waals surface area (Å²) < 4.78 is 4.49. The number of aryl methyl sites for hydroxylation is 3. The molecule has 0 radical (unpaired) electrons. The molecule has 2 aliphatic heterocycles. The fourth-order valence-corrected chi connectivity index (χ4v) is 6.20. The SMILES string of the molecule is Cn1cc2nc1-n1c3ccccc3c3ccc(cc31)N(c1ccccc1)c1cccc(c1)-c1ccc(cn1)CCC2. The predicted octanol–water partition coefficient (Wildman–Crippen LogP) is 8.54. The lowest BCUT2D eigenvalue weighted by Crippen LogP contribution is -2.10. The minimum absolute atomic E-state index is 0.918. The van der Waals surface area contributed by atoms with Gasteiger partial charge in [0.15, 0.2) is 0 Å². The Morgan fingerprint density at radius 2 is 1.46 bits per heavy atom. The van der Waals surface area contributed by atoms with E-state index in [1.54, 1.807) is 0 Å². The van der Waals surface area contributed by atoms with Crippen molar-refractivity contribution in [2.75, 3.05) is 4.90 Å². The molecule has 41 heavy (non-hydrogen) atoms. The minimum Gasteiger partial charge on any atom is -0.320 e. The van der Waals surface area contributed by atoms with Gasteiger partial charge in [0, 0.05) is 52.8 Å². The van der Waals surface area contributed by atoms with Gasteiger partial charge in [0.2, 0.25) is 5.95 Å². The van der Waals surface area contributed by atoms with E-state index in [-0.39, 0.29) is 0 Å². The summed E-state index contributed by atoms with van der Waals surface area (Å²) in [5.41, 5.74) is 10.0. The Kier molecular flexibility index (Phi) is 5.49. The molecule has 7 aromatic rings. The van der Waals surface area contributed by atoms with Crippen LogP contribution in [0.25, 0.3) is 39.0 Å². The van der Waals surface area contributed by atoms with Gasteiger partial charge in [-0.05, 0) is 73.4 Å². The van der Waals surface area contributed by atoms with E-state index in [2.05, 4.69) is 136 Å². The van der Waals surface area contributed by atoms with Crippen molar-refractivity contribution in [2.45, 2.75) is 19.3 Å². The van der Waals surface area contributed by atoms with Crippen LogP contribution in [0.1, 0.15) is 17.7 Å². The first-order chi connectivity index (χ1) is 20.2. The molecule has 198 valence electrons.